The second-order valence-corrected chi connectivity index (χ2v) is 6.22. The molecule has 0 fully saturated rings. The van der Waals surface area contributed by atoms with Crippen LogP contribution in [0.5, 0.6) is 11.5 Å². The Balaban J connectivity index is 1.55. The molecule has 0 aliphatic carbocycles. The highest BCUT2D eigenvalue weighted by atomic mass is 16.7. The van der Waals surface area contributed by atoms with E-state index < -0.39 is 12.0 Å². The van der Waals surface area contributed by atoms with Crippen LogP contribution in [0.3, 0.4) is 0 Å². The van der Waals surface area contributed by atoms with Gasteiger partial charge in [-0.3, -0.25) is 0 Å². The lowest BCUT2D eigenvalue weighted by atomic mass is 10.00. The highest BCUT2D eigenvalue weighted by molar-refractivity contribution is 5.94. The maximum atomic E-state index is 12.8. The Hall–Kier alpha value is -3.42. The molecule has 140 valence electrons. The van der Waals surface area contributed by atoms with Crippen molar-refractivity contribution in [3.05, 3.63) is 59.2 Å². The minimum Gasteiger partial charge on any atom is -0.467 e. The van der Waals surface area contributed by atoms with Gasteiger partial charge in [0.15, 0.2) is 11.5 Å². The summed E-state index contributed by atoms with van der Waals surface area (Å²) in [5.74, 6) is 1.22. The fourth-order valence-corrected chi connectivity index (χ4v) is 3.03. The number of hydrogen-bond acceptors (Lipinski definition) is 6. The van der Waals surface area contributed by atoms with Gasteiger partial charge in [-0.1, -0.05) is 6.07 Å². The SMILES string of the molecule is CC1=C(C(=O)OCc2ccc3c(c2)OCO3)C(c2ccco2)NC(=O)N1C. The molecule has 1 N–H and O–H groups in total. The molecule has 8 nitrogen and oxygen atoms in total. The Morgan fingerprint density at radius 3 is 2.89 bits per heavy atom. The van der Waals surface area contributed by atoms with Gasteiger partial charge in [-0.25, -0.2) is 9.59 Å². The van der Waals surface area contributed by atoms with E-state index >= 15 is 0 Å². The smallest absolute Gasteiger partial charge is 0.338 e. The molecule has 0 saturated heterocycles. The summed E-state index contributed by atoms with van der Waals surface area (Å²) in [5, 5.41) is 2.76. The van der Waals surface area contributed by atoms with Crippen molar-refractivity contribution >= 4 is 12.0 Å². The van der Waals surface area contributed by atoms with Gasteiger partial charge in [0.2, 0.25) is 6.79 Å². The standard InChI is InChI=1S/C19H18N2O6/c1-11-16(17(14-4-3-7-24-14)20-19(23)21(11)2)18(22)25-9-12-5-6-13-15(8-12)27-10-26-13/h3-8,17H,9-10H2,1-2H3,(H,20,23). The monoisotopic (exact) mass is 370 g/mol. The second kappa shape index (κ2) is 6.71. The molecule has 2 aliphatic rings. The number of carbonyl (C=O) groups is 2. The Morgan fingerprint density at radius 1 is 1.30 bits per heavy atom. The number of amides is 2. The molecule has 0 bridgehead atoms. The first kappa shape index (κ1) is 17.0. The zero-order chi connectivity index (χ0) is 19.0. The molecule has 2 aromatic rings. The predicted molar refractivity (Wildman–Crippen MR) is 92.8 cm³/mol. The minimum atomic E-state index is -0.701. The van der Waals surface area contributed by atoms with Crippen molar-refractivity contribution in [3.63, 3.8) is 0 Å². The van der Waals surface area contributed by atoms with Gasteiger partial charge in [0, 0.05) is 12.7 Å². The van der Waals surface area contributed by atoms with E-state index in [1.165, 1.54) is 11.2 Å². The van der Waals surface area contributed by atoms with Crippen LogP contribution < -0.4 is 14.8 Å². The number of furan rings is 1. The number of ether oxygens (including phenoxy) is 3. The van der Waals surface area contributed by atoms with Gasteiger partial charge in [-0.2, -0.15) is 0 Å². The van der Waals surface area contributed by atoms with Crippen molar-refractivity contribution in [2.75, 3.05) is 13.8 Å². The number of benzene rings is 1. The third-order valence-electron chi connectivity index (χ3n) is 4.61. The van der Waals surface area contributed by atoms with Crippen LogP contribution in [-0.4, -0.2) is 30.7 Å². The van der Waals surface area contributed by atoms with Crippen LogP contribution in [0, 0.1) is 0 Å². The number of allylic oxidation sites excluding steroid dienone is 1. The molecule has 1 unspecified atom stereocenters. The van der Waals surface area contributed by atoms with Crippen LogP contribution in [0.25, 0.3) is 0 Å². The summed E-state index contributed by atoms with van der Waals surface area (Å²) in [5.41, 5.74) is 1.61. The zero-order valence-corrected chi connectivity index (χ0v) is 14.9. The quantitative estimate of drug-likeness (QED) is 0.833. The molecule has 4 rings (SSSR count). The number of hydrogen-bond donors (Lipinski definition) is 1. The summed E-state index contributed by atoms with van der Waals surface area (Å²) in [6.07, 6.45) is 1.49. The van der Waals surface area contributed by atoms with Crippen molar-refractivity contribution in [1.82, 2.24) is 10.2 Å². The summed E-state index contributed by atoms with van der Waals surface area (Å²) in [4.78, 5) is 26.3. The maximum Gasteiger partial charge on any atom is 0.338 e. The molecule has 0 saturated carbocycles. The van der Waals surface area contributed by atoms with Crippen LogP contribution in [0.15, 0.2) is 52.3 Å². The number of nitrogens with zero attached hydrogens (tertiary/aromatic N) is 1. The van der Waals surface area contributed by atoms with Gasteiger partial charge in [0.1, 0.15) is 18.4 Å². The minimum absolute atomic E-state index is 0.0643. The summed E-state index contributed by atoms with van der Waals surface area (Å²) >= 11 is 0. The summed E-state index contributed by atoms with van der Waals surface area (Å²) < 4.78 is 21.5. The number of urea groups is 1. The van der Waals surface area contributed by atoms with Gasteiger partial charge in [-0.15, -0.1) is 0 Å². The van der Waals surface area contributed by atoms with E-state index in [2.05, 4.69) is 5.32 Å². The van der Waals surface area contributed by atoms with Gasteiger partial charge in [0.05, 0.1) is 11.8 Å². The highest BCUT2D eigenvalue weighted by Gasteiger charge is 2.36. The number of nitrogens with one attached hydrogen (secondary N) is 1. The number of carbonyl (C=O) groups excluding carboxylic acids is 2. The van der Waals surface area contributed by atoms with Crippen molar-refractivity contribution in [2.24, 2.45) is 0 Å². The summed E-state index contributed by atoms with van der Waals surface area (Å²) in [6.45, 7) is 1.95. The first-order valence-electron chi connectivity index (χ1n) is 8.38. The van der Waals surface area contributed by atoms with E-state index in [1.54, 1.807) is 44.3 Å². The van der Waals surface area contributed by atoms with Crippen LogP contribution in [-0.2, 0) is 16.1 Å². The van der Waals surface area contributed by atoms with Crippen LogP contribution in [0.2, 0.25) is 0 Å². The van der Waals surface area contributed by atoms with Crippen molar-refractivity contribution < 1.29 is 28.2 Å². The molecule has 2 amide bonds. The van der Waals surface area contributed by atoms with Crippen molar-refractivity contribution in [3.8, 4) is 11.5 Å². The van der Waals surface area contributed by atoms with Gasteiger partial charge in [-0.05, 0) is 36.8 Å². The third kappa shape index (κ3) is 3.10. The average molecular weight is 370 g/mol. The fraction of sp³-hybridized carbons (Fsp3) is 0.263. The molecule has 27 heavy (non-hydrogen) atoms. The molecule has 0 spiro atoms. The third-order valence-corrected chi connectivity index (χ3v) is 4.61. The molecule has 8 heteroatoms. The van der Waals surface area contributed by atoms with Crippen molar-refractivity contribution in [1.29, 1.82) is 0 Å². The number of esters is 1. The fourth-order valence-electron chi connectivity index (χ4n) is 3.03. The lowest BCUT2D eigenvalue weighted by Gasteiger charge is -2.32. The average Bonchev–Trinajstić information content (AvgIpc) is 3.35. The van der Waals surface area contributed by atoms with Gasteiger partial charge < -0.3 is 28.8 Å². The van der Waals surface area contributed by atoms with E-state index in [0.29, 0.717) is 28.5 Å². The van der Waals surface area contributed by atoms with Crippen molar-refractivity contribution in [2.45, 2.75) is 19.6 Å². The van der Waals surface area contributed by atoms with Crippen LogP contribution in [0.4, 0.5) is 4.79 Å². The molecule has 1 aromatic carbocycles. The lowest BCUT2D eigenvalue weighted by molar-refractivity contribution is -0.141. The Labute approximate surface area is 155 Å². The number of fused-ring (bicyclic) bond motifs is 1. The molecule has 2 aliphatic heterocycles. The van der Waals surface area contributed by atoms with E-state index in [0.717, 1.165) is 5.56 Å². The molecular formula is C19H18N2O6. The summed E-state index contributed by atoms with van der Waals surface area (Å²) in [7, 11) is 1.59. The van der Waals surface area contributed by atoms with E-state index in [1.807, 2.05) is 0 Å². The first-order chi connectivity index (χ1) is 13.0. The zero-order valence-electron chi connectivity index (χ0n) is 14.9. The topological polar surface area (TPSA) is 90.2 Å². The summed E-state index contributed by atoms with van der Waals surface area (Å²) in [6, 6.07) is 7.74. The number of rotatable bonds is 4. The molecule has 3 heterocycles. The van der Waals surface area contributed by atoms with E-state index in [-0.39, 0.29) is 19.4 Å². The normalized spacial score (nSPS) is 18.5. The Morgan fingerprint density at radius 2 is 2.11 bits per heavy atom. The predicted octanol–water partition coefficient (Wildman–Crippen LogP) is 2.72. The molecule has 1 atom stereocenters. The largest absolute Gasteiger partial charge is 0.467 e. The Kier molecular flexibility index (Phi) is 4.23. The molecule has 0 radical (unpaired) electrons. The Bertz CT molecular complexity index is 918. The van der Waals surface area contributed by atoms with Crippen LogP contribution >= 0.6 is 0 Å². The van der Waals surface area contributed by atoms with E-state index in [9.17, 15) is 9.59 Å². The first-order valence-corrected chi connectivity index (χ1v) is 8.38. The highest BCUT2D eigenvalue weighted by Crippen LogP contribution is 2.34. The maximum absolute atomic E-state index is 12.8. The molecular weight excluding hydrogens is 352 g/mol. The second-order valence-electron chi connectivity index (χ2n) is 6.22. The van der Waals surface area contributed by atoms with E-state index in [4.69, 9.17) is 18.6 Å². The van der Waals surface area contributed by atoms with Gasteiger partial charge in [0.25, 0.3) is 0 Å². The van der Waals surface area contributed by atoms with Gasteiger partial charge >= 0.3 is 12.0 Å². The molecule has 1 aromatic heterocycles. The van der Waals surface area contributed by atoms with Crippen LogP contribution in [0.1, 0.15) is 24.3 Å². The lowest BCUT2D eigenvalue weighted by Crippen LogP contribution is -2.46.